The third kappa shape index (κ3) is 17.8. The molecule has 374 valence electrons. The van der Waals surface area contributed by atoms with Crippen LogP contribution in [0.1, 0.15) is 250 Å². The summed E-state index contributed by atoms with van der Waals surface area (Å²) < 4.78 is 24.7. The van der Waals surface area contributed by atoms with Crippen LogP contribution in [0.25, 0.3) is 0 Å². The van der Waals surface area contributed by atoms with Crippen molar-refractivity contribution < 1.29 is 38.1 Å². The van der Waals surface area contributed by atoms with E-state index in [1.165, 1.54) is 89.9 Å². The van der Waals surface area contributed by atoms with Gasteiger partial charge < -0.3 is 18.9 Å². The van der Waals surface area contributed by atoms with Crippen LogP contribution >= 0.6 is 0 Å². The Labute approximate surface area is 393 Å². The van der Waals surface area contributed by atoms with E-state index >= 15 is 9.59 Å². The maximum atomic E-state index is 15.2. The van der Waals surface area contributed by atoms with Gasteiger partial charge in [-0.15, -0.1) is 0 Å². The van der Waals surface area contributed by atoms with Gasteiger partial charge in [0.1, 0.15) is 12.2 Å². The molecule has 1 atom stereocenters. The van der Waals surface area contributed by atoms with E-state index in [9.17, 15) is 9.59 Å². The highest BCUT2D eigenvalue weighted by atomic mass is 16.6. The van der Waals surface area contributed by atoms with Crippen LogP contribution in [0.15, 0.2) is 0 Å². The predicted octanol–water partition coefficient (Wildman–Crippen LogP) is 13.1. The molecule has 2 rings (SSSR count). The summed E-state index contributed by atoms with van der Waals surface area (Å²) >= 11 is 0. The summed E-state index contributed by atoms with van der Waals surface area (Å²) in [4.78, 5) is 64.4. The van der Waals surface area contributed by atoms with Crippen LogP contribution in [-0.2, 0) is 38.1 Å². The summed E-state index contributed by atoms with van der Waals surface area (Å²) in [6, 6.07) is 0. The highest BCUT2D eigenvalue weighted by Crippen LogP contribution is 2.44. The number of likely N-dealkylation sites (tertiary alicyclic amines) is 2. The molecule has 0 bridgehead atoms. The number of carbonyl (C=O) groups excluding carboxylic acids is 4. The second-order valence-electron chi connectivity index (χ2n) is 22.4. The molecule has 1 unspecified atom stereocenters. The molecular weight excluding hydrogens is 805 g/mol. The first-order valence-electron chi connectivity index (χ1n) is 26.4. The van der Waals surface area contributed by atoms with Crippen LogP contribution in [0.3, 0.4) is 0 Å². The van der Waals surface area contributed by atoms with Gasteiger partial charge in [0.25, 0.3) is 5.41 Å². The van der Waals surface area contributed by atoms with Crippen molar-refractivity contribution >= 4 is 23.9 Å². The van der Waals surface area contributed by atoms with Gasteiger partial charge in [-0.1, -0.05) is 149 Å². The van der Waals surface area contributed by atoms with Crippen molar-refractivity contribution in [3.8, 4) is 0 Å². The number of hydrogen-bond donors (Lipinski definition) is 0. The molecule has 0 aromatic carbocycles. The lowest BCUT2D eigenvalue weighted by atomic mass is 9.72. The molecule has 2 aliphatic heterocycles. The van der Waals surface area contributed by atoms with E-state index < -0.39 is 47.4 Å². The Balaban J connectivity index is 2.40. The van der Waals surface area contributed by atoms with Crippen LogP contribution in [0.5, 0.6) is 0 Å². The number of esters is 4. The zero-order valence-electron chi connectivity index (χ0n) is 43.9. The normalized spacial score (nSPS) is 19.5. The molecule has 0 aromatic heterocycles. The van der Waals surface area contributed by atoms with E-state index in [1.54, 1.807) is 6.92 Å². The number of rotatable bonds is 32. The second-order valence-corrected chi connectivity index (χ2v) is 22.4. The maximum absolute atomic E-state index is 15.2. The molecule has 0 aromatic rings. The average Bonchev–Trinajstić information content (AvgIpc) is 3.21. The fourth-order valence-corrected chi connectivity index (χ4v) is 10.6. The summed E-state index contributed by atoms with van der Waals surface area (Å²) in [7, 11) is 4.13. The molecule has 0 N–H and O–H groups in total. The van der Waals surface area contributed by atoms with Crippen molar-refractivity contribution in [1.29, 1.82) is 0 Å². The SMILES string of the molecule is CCCCCCCCCCCCCOC(=O)C(CC)C(C(=O)OCCCCCCCCCCCCC)(C(=O)OC1CC(C)(C)N(C)C(C)(C)C1)C(=O)OC1CC(C)(C)N(C)C(C)(C)C1. The van der Waals surface area contributed by atoms with Crippen molar-refractivity contribution in [2.45, 2.75) is 284 Å². The number of carbonyl (C=O) groups is 4. The first kappa shape index (κ1) is 57.9. The Morgan fingerprint density at radius 2 is 0.734 bits per heavy atom. The first-order valence-corrected chi connectivity index (χ1v) is 26.4. The lowest BCUT2D eigenvalue weighted by Gasteiger charge is -2.53. The van der Waals surface area contributed by atoms with Gasteiger partial charge in [0, 0.05) is 47.8 Å². The maximum Gasteiger partial charge on any atom is 0.336 e. The van der Waals surface area contributed by atoms with Gasteiger partial charge in [-0.2, -0.15) is 0 Å². The Kier molecular flexibility index (Phi) is 25.5. The third-order valence-electron chi connectivity index (χ3n) is 15.2. The van der Waals surface area contributed by atoms with Crippen LogP contribution in [-0.4, -0.2) is 95.3 Å². The predicted molar refractivity (Wildman–Crippen MR) is 261 cm³/mol. The summed E-state index contributed by atoms with van der Waals surface area (Å²) in [5.74, 6) is -5.50. The van der Waals surface area contributed by atoms with Crippen molar-refractivity contribution in [3.63, 3.8) is 0 Å². The smallest absolute Gasteiger partial charge is 0.336 e. The highest BCUT2D eigenvalue weighted by molar-refractivity contribution is 6.20. The summed E-state index contributed by atoms with van der Waals surface area (Å²) in [5.41, 5.74) is -4.11. The molecular formula is C54H100N2O8. The van der Waals surface area contributed by atoms with Gasteiger partial charge >= 0.3 is 23.9 Å². The summed E-state index contributed by atoms with van der Waals surface area (Å²) in [6.45, 7) is 23.1. The lowest BCUT2D eigenvalue weighted by Crippen LogP contribution is -2.63. The number of nitrogens with zero attached hydrogens (tertiary/aromatic N) is 2. The highest BCUT2D eigenvalue weighted by Gasteiger charge is 2.66. The van der Waals surface area contributed by atoms with Gasteiger partial charge in [0.2, 0.25) is 0 Å². The number of piperidine rings is 2. The molecule has 10 heteroatoms. The zero-order chi connectivity index (χ0) is 48.0. The van der Waals surface area contributed by atoms with Gasteiger partial charge in [-0.3, -0.25) is 29.0 Å². The van der Waals surface area contributed by atoms with E-state index in [-0.39, 0.29) is 41.8 Å². The van der Waals surface area contributed by atoms with E-state index in [0.29, 0.717) is 38.5 Å². The molecule has 10 nitrogen and oxygen atoms in total. The van der Waals surface area contributed by atoms with Crippen molar-refractivity contribution in [3.05, 3.63) is 0 Å². The van der Waals surface area contributed by atoms with E-state index in [4.69, 9.17) is 18.9 Å². The molecule has 0 radical (unpaired) electrons. The fourth-order valence-electron chi connectivity index (χ4n) is 10.6. The Morgan fingerprint density at radius 3 is 1.03 bits per heavy atom. The minimum atomic E-state index is -2.70. The second kappa shape index (κ2) is 28.2. The molecule has 2 saturated heterocycles. The number of hydrogen-bond acceptors (Lipinski definition) is 10. The van der Waals surface area contributed by atoms with E-state index in [2.05, 4.69) is 93.1 Å². The average molecular weight is 905 g/mol. The van der Waals surface area contributed by atoms with Gasteiger partial charge in [0.05, 0.1) is 19.1 Å². The Hall–Kier alpha value is -2.20. The first-order chi connectivity index (χ1) is 30.1. The molecule has 2 fully saturated rings. The van der Waals surface area contributed by atoms with Crippen molar-refractivity contribution in [2.75, 3.05) is 27.3 Å². The standard InChI is InChI=1S/C54H100N2O8/c1-14-17-19-21-23-25-27-29-31-33-35-37-61-46(57)45(16-3)54(48(59)63-43-39-50(4,5)55(12)51(6,7)40-43,49(60)64-44-41-52(8,9)56(13)53(10,11)42-44)47(58)62-38-36-34-32-30-28-26-24-22-20-18-15-2/h43-45H,14-42H2,1-13H3. The molecule has 2 heterocycles. The van der Waals surface area contributed by atoms with Crippen LogP contribution in [0.2, 0.25) is 0 Å². The van der Waals surface area contributed by atoms with E-state index in [1.807, 2.05) is 0 Å². The zero-order valence-corrected chi connectivity index (χ0v) is 43.9. The van der Waals surface area contributed by atoms with Crippen LogP contribution < -0.4 is 0 Å². The minimum absolute atomic E-state index is 0.0188. The topological polar surface area (TPSA) is 112 Å². The quantitative estimate of drug-likeness (QED) is 0.0280. The van der Waals surface area contributed by atoms with E-state index in [0.717, 1.165) is 38.5 Å². The minimum Gasteiger partial charge on any atom is -0.465 e. The van der Waals surface area contributed by atoms with Gasteiger partial charge in [-0.25, -0.2) is 0 Å². The Morgan fingerprint density at radius 1 is 0.453 bits per heavy atom. The lowest BCUT2D eigenvalue weighted by molar-refractivity contribution is -0.204. The molecule has 0 spiro atoms. The van der Waals surface area contributed by atoms with Gasteiger partial charge in [-0.05, 0) is 88.7 Å². The molecule has 64 heavy (non-hydrogen) atoms. The van der Waals surface area contributed by atoms with Crippen molar-refractivity contribution in [2.24, 2.45) is 11.3 Å². The van der Waals surface area contributed by atoms with Crippen molar-refractivity contribution in [1.82, 2.24) is 9.80 Å². The molecule has 0 saturated carbocycles. The monoisotopic (exact) mass is 905 g/mol. The van der Waals surface area contributed by atoms with Crippen LogP contribution in [0, 0.1) is 11.3 Å². The largest absolute Gasteiger partial charge is 0.465 e. The van der Waals surface area contributed by atoms with Crippen LogP contribution in [0.4, 0.5) is 0 Å². The summed E-state index contributed by atoms with van der Waals surface area (Å²) in [6.07, 6.45) is 25.7. The summed E-state index contributed by atoms with van der Waals surface area (Å²) in [5, 5.41) is 0. The number of unbranched alkanes of at least 4 members (excludes halogenated alkanes) is 20. The molecule has 0 amide bonds. The Bertz CT molecular complexity index is 1280. The molecule has 0 aliphatic carbocycles. The molecule has 2 aliphatic rings. The third-order valence-corrected chi connectivity index (χ3v) is 15.2. The number of ether oxygens (including phenoxy) is 4. The fraction of sp³-hybridized carbons (Fsp3) is 0.926. The van der Waals surface area contributed by atoms with Gasteiger partial charge in [0.15, 0.2) is 0 Å².